The Labute approximate surface area is 123 Å². The van der Waals surface area contributed by atoms with Gasteiger partial charge < -0.3 is 5.11 Å². The third kappa shape index (κ3) is 4.89. The first-order chi connectivity index (χ1) is 9.50. The highest BCUT2D eigenvalue weighted by atomic mass is 16.6. The first-order valence-electron chi connectivity index (χ1n) is 7.74. The highest BCUT2D eigenvalue weighted by Crippen LogP contribution is 2.27. The molecule has 1 unspecified atom stereocenters. The van der Waals surface area contributed by atoms with E-state index in [1.807, 2.05) is 31.2 Å². The predicted molar refractivity (Wildman–Crippen MR) is 81.2 cm³/mol. The molecule has 0 spiro atoms. The van der Waals surface area contributed by atoms with E-state index in [9.17, 15) is 10.3 Å². The topological polar surface area (TPSA) is 43.3 Å². The second-order valence-electron chi connectivity index (χ2n) is 5.86. The van der Waals surface area contributed by atoms with E-state index < -0.39 is 6.10 Å². The molecule has 114 valence electrons. The Morgan fingerprint density at radius 3 is 2.60 bits per heavy atom. The first kappa shape index (κ1) is 17.2. The normalized spacial score (nSPS) is 35.5. The van der Waals surface area contributed by atoms with Gasteiger partial charge in [-0.15, -0.1) is 0 Å². The Balaban J connectivity index is 2.45. The van der Waals surface area contributed by atoms with E-state index in [1.165, 1.54) is 12.8 Å². The summed E-state index contributed by atoms with van der Waals surface area (Å²) < 4.78 is -0.190. The standard InChI is InChI=1S/C17H29NO2/c1-4-5-6-7-8-9-10-11-12-16-13-14-17(19)15(2)18(16,3)20/h7-12,15-17,20H,4-6,13-14H2,1-3H3/b8-7+,10-9+,12-11+/t15-,16+,17-,18?/m0/s1. The van der Waals surface area contributed by atoms with Crippen LogP contribution in [0.15, 0.2) is 36.5 Å². The van der Waals surface area contributed by atoms with Crippen molar-refractivity contribution in [1.82, 2.24) is 0 Å². The summed E-state index contributed by atoms with van der Waals surface area (Å²) in [7, 11) is 1.73. The number of hydrogen-bond donors (Lipinski definition) is 1. The molecule has 3 nitrogen and oxygen atoms in total. The van der Waals surface area contributed by atoms with Gasteiger partial charge >= 0.3 is 0 Å². The minimum atomic E-state index is -0.660. The van der Waals surface area contributed by atoms with Gasteiger partial charge in [0, 0.05) is 6.42 Å². The van der Waals surface area contributed by atoms with Crippen LogP contribution in [0.4, 0.5) is 0 Å². The SMILES string of the molecule is CCCC/C=C/C=C/C=C/[C@@H]1CC[C@H]([O-])[C@H](C)[N+]1(C)O. The molecule has 0 bridgehead atoms. The van der Waals surface area contributed by atoms with Crippen molar-refractivity contribution < 1.29 is 15.0 Å². The van der Waals surface area contributed by atoms with E-state index in [1.54, 1.807) is 7.05 Å². The first-order valence-corrected chi connectivity index (χ1v) is 7.74. The van der Waals surface area contributed by atoms with Crippen molar-refractivity contribution in [2.45, 2.75) is 64.1 Å². The van der Waals surface area contributed by atoms with Crippen LogP contribution in [0.3, 0.4) is 0 Å². The smallest absolute Gasteiger partial charge is 0.137 e. The molecule has 1 aliphatic rings. The molecule has 3 heteroatoms. The zero-order valence-corrected chi connectivity index (χ0v) is 13.0. The second-order valence-corrected chi connectivity index (χ2v) is 5.86. The summed E-state index contributed by atoms with van der Waals surface area (Å²) in [5, 5.41) is 22.1. The molecule has 0 saturated carbocycles. The zero-order valence-electron chi connectivity index (χ0n) is 13.0. The van der Waals surface area contributed by atoms with Gasteiger partial charge in [0.1, 0.15) is 12.1 Å². The third-order valence-electron chi connectivity index (χ3n) is 4.31. The van der Waals surface area contributed by atoms with Crippen molar-refractivity contribution in [3.05, 3.63) is 36.5 Å². The highest BCUT2D eigenvalue weighted by molar-refractivity contribution is 5.12. The van der Waals surface area contributed by atoms with Crippen LogP contribution in [0.2, 0.25) is 0 Å². The van der Waals surface area contributed by atoms with E-state index in [0.29, 0.717) is 6.42 Å². The van der Waals surface area contributed by atoms with Gasteiger partial charge in [0.25, 0.3) is 0 Å². The van der Waals surface area contributed by atoms with E-state index in [4.69, 9.17) is 0 Å². The Morgan fingerprint density at radius 2 is 1.90 bits per heavy atom. The van der Waals surface area contributed by atoms with Crippen LogP contribution in [0.1, 0.15) is 46.0 Å². The Hall–Kier alpha value is -0.900. The molecule has 0 amide bonds. The number of likely N-dealkylation sites (N-methyl/N-ethyl adjacent to an activating group) is 1. The fourth-order valence-corrected chi connectivity index (χ4v) is 2.56. The van der Waals surface area contributed by atoms with Crippen molar-refractivity contribution in [1.29, 1.82) is 0 Å². The van der Waals surface area contributed by atoms with Crippen molar-refractivity contribution in [3.8, 4) is 0 Å². The van der Waals surface area contributed by atoms with Crippen LogP contribution in [-0.2, 0) is 0 Å². The molecule has 1 N–H and O–H groups in total. The van der Waals surface area contributed by atoms with Crippen LogP contribution >= 0.6 is 0 Å². The van der Waals surface area contributed by atoms with Crippen molar-refractivity contribution >= 4 is 0 Å². The number of piperidine rings is 1. The van der Waals surface area contributed by atoms with E-state index in [2.05, 4.69) is 19.1 Å². The molecule has 4 atom stereocenters. The van der Waals surface area contributed by atoms with Gasteiger partial charge in [-0.05, 0) is 19.4 Å². The molecule has 0 aromatic rings. The van der Waals surface area contributed by atoms with Crippen molar-refractivity contribution in [3.63, 3.8) is 0 Å². The minimum absolute atomic E-state index is 0.0175. The summed E-state index contributed by atoms with van der Waals surface area (Å²) in [5.41, 5.74) is 0. The summed E-state index contributed by atoms with van der Waals surface area (Å²) in [5.74, 6) is 0. The summed E-state index contributed by atoms with van der Waals surface area (Å²) >= 11 is 0. The third-order valence-corrected chi connectivity index (χ3v) is 4.31. The zero-order chi connectivity index (χ0) is 15.0. The number of likely N-dealkylation sites (tertiary alicyclic amines) is 1. The van der Waals surface area contributed by atoms with Crippen LogP contribution in [0.5, 0.6) is 0 Å². The molecule has 1 aliphatic heterocycles. The summed E-state index contributed by atoms with van der Waals surface area (Å²) in [6.07, 6.45) is 16.5. The molecular weight excluding hydrogens is 250 g/mol. The second kappa shape index (κ2) is 8.40. The van der Waals surface area contributed by atoms with Crippen LogP contribution in [-0.4, -0.2) is 35.1 Å². The monoisotopic (exact) mass is 279 g/mol. The van der Waals surface area contributed by atoms with E-state index in [-0.39, 0.29) is 16.7 Å². The number of quaternary nitrogens is 1. The number of allylic oxidation sites excluding steroid dienone is 5. The molecule has 0 aromatic heterocycles. The molecule has 1 fully saturated rings. The van der Waals surface area contributed by atoms with Gasteiger partial charge in [-0.2, -0.15) is 4.65 Å². The molecular formula is C17H29NO2. The van der Waals surface area contributed by atoms with Gasteiger partial charge in [-0.3, -0.25) is 0 Å². The quantitative estimate of drug-likeness (QED) is 0.461. The van der Waals surface area contributed by atoms with Crippen molar-refractivity contribution in [2.75, 3.05) is 7.05 Å². The molecule has 0 aliphatic carbocycles. The molecule has 0 radical (unpaired) electrons. The number of rotatable bonds is 6. The average molecular weight is 279 g/mol. The molecule has 1 saturated heterocycles. The Morgan fingerprint density at radius 1 is 1.20 bits per heavy atom. The van der Waals surface area contributed by atoms with Gasteiger partial charge in [-0.25, -0.2) is 5.21 Å². The number of unbranched alkanes of at least 4 members (excludes halogenated alkanes) is 2. The van der Waals surface area contributed by atoms with Gasteiger partial charge in [-0.1, -0.05) is 62.7 Å². The lowest BCUT2D eigenvalue weighted by atomic mass is 9.93. The number of nitrogens with zero attached hydrogens (tertiary/aromatic N) is 1. The van der Waals surface area contributed by atoms with Crippen LogP contribution < -0.4 is 5.11 Å². The largest absolute Gasteiger partial charge is 0.848 e. The van der Waals surface area contributed by atoms with E-state index in [0.717, 1.165) is 12.8 Å². The lowest BCUT2D eigenvalue weighted by molar-refractivity contribution is -1.13. The van der Waals surface area contributed by atoms with E-state index >= 15 is 0 Å². The van der Waals surface area contributed by atoms with Gasteiger partial charge in [0.15, 0.2) is 0 Å². The van der Waals surface area contributed by atoms with Gasteiger partial charge in [0.2, 0.25) is 0 Å². The Kier molecular flexibility index (Phi) is 7.20. The molecule has 20 heavy (non-hydrogen) atoms. The summed E-state index contributed by atoms with van der Waals surface area (Å²) in [6, 6.07) is -0.236. The lowest BCUT2D eigenvalue weighted by Gasteiger charge is -2.48. The number of hydroxylamine groups is 3. The summed E-state index contributed by atoms with van der Waals surface area (Å²) in [6.45, 7) is 4.03. The predicted octanol–water partition coefficient (Wildman–Crippen LogP) is 2.96. The fourth-order valence-electron chi connectivity index (χ4n) is 2.56. The lowest BCUT2D eigenvalue weighted by Crippen LogP contribution is -2.64. The summed E-state index contributed by atoms with van der Waals surface area (Å²) in [4.78, 5) is 0. The van der Waals surface area contributed by atoms with Crippen LogP contribution in [0, 0.1) is 0 Å². The number of hydrogen-bond acceptors (Lipinski definition) is 2. The van der Waals surface area contributed by atoms with Crippen molar-refractivity contribution in [2.24, 2.45) is 0 Å². The molecule has 1 rings (SSSR count). The highest BCUT2D eigenvalue weighted by Gasteiger charge is 2.40. The van der Waals surface area contributed by atoms with Crippen LogP contribution in [0.25, 0.3) is 0 Å². The maximum atomic E-state index is 11.7. The maximum absolute atomic E-state index is 11.7. The Bertz CT molecular complexity index is 358. The fraction of sp³-hybridized carbons (Fsp3) is 0.647. The minimum Gasteiger partial charge on any atom is -0.848 e. The molecule has 0 aromatic carbocycles. The van der Waals surface area contributed by atoms with Gasteiger partial charge in [0.05, 0.1) is 7.05 Å². The average Bonchev–Trinajstić information content (AvgIpc) is 2.42. The molecule has 1 heterocycles. The maximum Gasteiger partial charge on any atom is 0.137 e.